The van der Waals surface area contributed by atoms with Crippen LogP contribution in [0.25, 0.3) is 0 Å². The molecule has 2 N–H and O–H groups in total. The highest BCUT2D eigenvalue weighted by molar-refractivity contribution is 5.19. The smallest absolute Gasteiger partial charge is 0.123 e. The summed E-state index contributed by atoms with van der Waals surface area (Å²) in [6.07, 6.45) is 2.99. The lowest BCUT2D eigenvalue weighted by Crippen LogP contribution is -2.30. The molecule has 1 aliphatic carbocycles. The number of aliphatic hydroxyl groups is 1. The van der Waals surface area contributed by atoms with Crippen LogP contribution in [-0.2, 0) is 0 Å². The minimum atomic E-state index is -0.624. The fourth-order valence-corrected chi connectivity index (χ4v) is 2.50. The van der Waals surface area contributed by atoms with E-state index in [1.54, 1.807) is 12.1 Å². The number of nitrogens with one attached hydrogen (secondary N) is 1. The Morgan fingerprint density at radius 1 is 1.47 bits per heavy atom. The second-order valence-corrected chi connectivity index (χ2v) is 5.09. The molecule has 1 aliphatic rings. The first-order valence-electron chi connectivity index (χ1n) is 6.32. The minimum absolute atomic E-state index is 0.295. The van der Waals surface area contributed by atoms with Crippen LogP contribution in [0.1, 0.15) is 37.9 Å². The maximum atomic E-state index is 13.0. The van der Waals surface area contributed by atoms with Crippen molar-refractivity contribution in [2.75, 3.05) is 6.54 Å². The number of benzene rings is 1. The quantitative estimate of drug-likeness (QED) is 0.843. The summed E-state index contributed by atoms with van der Waals surface area (Å²) in [5.74, 6) is 0.481. The molecule has 1 fully saturated rings. The second kappa shape index (κ2) is 5.61. The molecule has 0 aliphatic heterocycles. The van der Waals surface area contributed by atoms with Crippen LogP contribution in [0.2, 0.25) is 0 Å². The molecule has 2 rings (SSSR count). The molecule has 1 aromatic carbocycles. The highest BCUT2D eigenvalue weighted by Gasteiger charge is 2.21. The van der Waals surface area contributed by atoms with E-state index in [9.17, 15) is 9.50 Å². The summed E-state index contributed by atoms with van der Waals surface area (Å²) in [5, 5.41) is 13.3. The second-order valence-electron chi connectivity index (χ2n) is 5.09. The molecule has 3 heteroatoms. The van der Waals surface area contributed by atoms with E-state index in [2.05, 4.69) is 12.2 Å². The van der Waals surface area contributed by atoms with Gasteiger partial charge in [-0.2, -0.15) is 0 Å². The maximum Gasteiger partial charge on any atom is 0.123 e. The van der Waals surface area contributed by atoms with Crippen molar-refractivity contribution in [1.82, 2.24) is 5.32 Å². The SMILES string of the molecule is CC1CCC(NCC(O)c2cccc(F)c2)C1. The van der Waals surface area contributed by atoms with Gasteiger partial charge in [0.15, 0.2) is 0 Å². The summed E-state index contributed by atoms with van der Waals surface area (Å²) in [4.78, 5) is 0. The Morgan fingerprint density at radius 3 is 2.94 bits per heavy atom. The van der Waals surface area contributed by atoms with E-state index < -0.39 is 6.10 Å². The van der Waals surface area contributed by atoms with Crippen molar-refractivity contribution in [3.8, 4) is 0 Å². The molecule has 17 heavy (non-hydrogen) atoms. The van der Waals surface area contributed by atoms with Crippen molar-refractivity contribution in [2.45, 2.75) is 38.3 Å². The molecule has 1 aromatic rings. The predicted octanol–water partition coefficient (Wildman–Crippen LogP) is 2.64. The molecule has 94 valence electrons. The van der Waals surface area contributed by atoms with Gasteiger partial charge in [-0.15, -0.1) is 0 Å². The van der Waals surface area contributed by atoms with Crippen LogP contribution in [0.3, 0.4) is 0 Å². The van der Waals surface area contributed by atoms with Gasteiger partial charge >= 0.3 is 0 Å². The van der Waals surface area contributed by atoms with E-state index in [1.807, 2.05) is 0 Å². The van der Waals surface area contributed by atoms with Gasteiger partial charge in [0.25, 0.3) is 0 Å². The van der Waals surface area contributed by atoms with E-state index >= 15 is 0 Å². The highest BCUT2D eigenvalue weighted by Crippen LogP contribution is 2.25. The third kappa shape index (κ3) is 3.51. The molecule has 0 aromatic heterocycles. The van der Waals surface area contributed by atoms with E-state index in [1.165, 1.54) is 31.4 Å². The van der Waals surface area contributed by atoms with Crippen LogP contribution in [0.4, 0.5) is 4.39 Å². The molecule has 0 spiro atoms. The predicted molar refractivity (Wildman–Crippen MR) is 66.2 cm³/mol. The first kappa shape index (κ1) is 12.5. The van der Waals surface area contributed by atoms with E-state index in [4.69, 9.17) is 0 Å². The van der Waals surface area contributed by atoms with Crippen LogP contribution < -0.4 is 5.32 Å². The lowest BCUT2D eigenvalue weighted by molar-refractivity contribution is 0.169. The van der Waals surface area contributed by atoms with Gasteiger partial charge in [-0.05, 0) is 42.9 Å². The van der Waals surface area contributed by atoms with E-state index in [-0.39, 0.29) is 5.82 Å². The molecule has 1 saturated carbocycles. The van der Waals surface area contributed by atoms with Gasteiger partial charge < -0.3 is 10.4 Å². The summed E-state index contributed by atoms with van der Waals surface area (Å²) < 4.78 is 13.0. The fraction of sp³-hybridized carbons (Fsp3) is 0.571. The summed E-state index contributed by atoms with van der Waals surface area (Å²) in [7, 11) is 0. The number of aliphatic hydroxyl groups excluding tert-OH is 1. The highest BCUT2D eigenvalue weighted by atomic mass is 19.1. The van der Waals surface area contributed by atoms with Gasteiger partial charge in [0, 0.05) is 12.6 Å². The zero-order valence-electron chi connectivity index (χ0n) is 10.2. The maximum absolute atomic E-state index is 13.0. The fourth-order valence-electron chi connectivity index (χ4n) is 2.50. The van der Waals surface area contributed by atoms with Crippen molar-refractivity contribution < 1.29 is 9.50 Å². The Labute approximate surface area is 102 Å². The Hall–Kier alpha value is -0.930. The first-order valence-corrected chi connectivity index (χ1v) is 6.32. The van der Waals surface area contributed by atoms with Crippen molar-refractivity contribution in [3.63, 3.8) is 0 Å². The van der Waals surface area contributed by atoms with Crippen molar-refractivity contribution in [3.05, 3.63) is 35.6 Å². The van der Waals surface area contributed by atoms with Crippen molar-refractivity contribution in [2.24, 2.45) is 5.92 Å². The molecule has 0 bridgehead atoms. The zero-order chi connectivity index (χ0) is 12.3. The Balaban J connectivity index is 1.83. The van der Waals surface area contributed by atoms with Gasteiger partial charge in [0.2, 0.25) is 0 Å². The number of hydrogen-bond acceptors (Lipinski definition) is 2. The van der Waals surface area contributed by atoms with Gasteiger partial charge in [-0.25, -0.2) is 4.39 Å². The molecule has 0 amide bonds. The average molecular weight is 237 g/mol. The molecule has 3 unspecified atom stereocenters. The van der Waals surface area contributed by atoms with Crippen LogP contribution in [0.15, 0.2) is 24.3 Å². The van der Waals surface area contributed by atoms with Gasteiger partial charge in [0.1, 0.15) is 5.82 Å². The lowest BCUT2D eigenvalue weighted by Gasteiger charge is -2.16. The minimum Gasteiger partial charge on any atom is -0.387 e. The summed E-state index contributed by atoms with van der Waals surface area (Å²) in [6, 6.07) is 6.68. The van der Waals surface area contributed by atoms with Crippen molar-refractivity contribution in [1.29, 1.82) is 0 Å². The Morgan fingerprint density at radius 2 is 2.29 bits per heavy atom. The van der Waals surface area contributed by atoms with Crippen LogP contribution >= 0.6 is 0 Å². The lowest BCUT2D eigenvalue weighted by atomic mass is 10.1. The molecule has 3 atom stereocenters. The van der Waals surface area contributed by atoms with Crippen LogP contribution in [0.5, 0.6) is 0 Å². The molecule has 0 heterocycles. The normalized spacial score (nSPS) is 26.1. The third-order valence-corrected chi connectivity index (χ3v) is 3.53. The third-order valence-electron chi connectivity index (χ3n) is 3.53. The summed E-state index contributed by atoms with van der Waals surface area (Å²) in [6.45, 7) is 2.76. The van der Waals surface area contributed by atoms with Crippen LogP contribution in [0, 0.1) is 11.7 Å². The van der Waals surface area contributed by atoms with Crippen LogP contribution in [-0.4, -0.2) is 17.7 Å². The number of halogens is 1. The van der Waals surface area contributed by atoms with Gasteiger partial charge in [-0.1, -0.05) is 19.1 Å². The van der Waals surface area contributed by atoms with Crippen molar-refractivity contribution >= 4 is 0 Å². The molecule has 0 radical (unpaired) electrons. The monoisotopic (exact) mass is 237 g/mol. The summed E-state index contributed by atoms with van der Waals surface area (Å²) >= 11 is 0. The van der Waals surface area contributed by atoms with Gasteiger partial charge in [-0.3, -0.25) is 0 Å². The Bertz CT molecular complexity index is 369. The number of rotatable bonds is 4. The standard InChI is InChI=1S/C14H20FNO/c1-10-5-6-13(7-10)16-9-14(17)11-3-2-4-12(15)8-11/h2-4,8,10,13-14,16-17H,5-7,9H2,1H3. The zero-order valence-corrected chi connectivity index (χ0v) is 10.2. The molecular weight excluding hydrogens is 217 g/mol. The first-order chi connectivity index (χ1) is 8.15. The topological polar surface area (TPSA) is 32.3 Å². The summed E-state index contributed by atoms with van der Waals surface area (Å²) in [5.41, 5.74) is 0.642. The molecular formula is C14H20FNO. The molecule has 0 saturated heterocycles. The van der Waals surface area contributed by atoms with Gasteiger partial charge in [0.05, 0.1) is 6.10 Å². The number of hydrogen-bond donors (Lipinski definition) is 2. The van der Waals surface area contributed by atoms with E-state index in [0.717, 1.165) is 5.92 Å². The van der Waals surface area contributed by atoms with E-state index in [0.29, 0.717) is 18.2 Å². The average Bonchev–Trinajstić information content (AvgIpc) is 2.72. The Kier molecular flexibility index (Phi) is 4.13. The largest absolute Gasteiger partial charge is 0.387 e. The molecule has 2 nitrogen and oxygen atoms in total.